The third-order valence-electron chi connectivity index (χ3n) is 1.10. The number of rotatable bonds is 1. The van der Waals surface area contributed by atoms with Crippen LogP contribution in [0.25, 0.3) is 0 Å². The molecular weight excluding hydrogens is 206 g/mol. The number of aromatic amines is 1. The monoisotopic (exact) mass is 210 g/mol. The molecule has 1 N–H and O–H groups in total. The van der Waals surface area contributed by atoms with E-state index in [2.05, 4.69) is 25.9 Å². The second kappa shape index (κ2) is 2.65. The van der Waals surface area contributed by atoms with Crippen molar-refractivity contribution in [3.8, 4) is 0 Å². The third kappa shape index (κ3) is 1.34. The molecule has 0 atom stereocenters. The van der Waals surface area contributed by atoms with E-state index in [1.807, 2.05) is 0 Å². The van der Waals surface area contributed by atoms with Crippen LogP contribution in [-0.4, -0.2) is 9.97 Å². The second-order valence-corrected chi connectivity index (χ2v) is 2.59. The Hall–Kier alpha value is -0.450. The first-order valence-corrected chi connectivity index (χ1v) is 3.40. The first-order chi connectivity index (χ1) is 4.61. The fourth-order valence-electron chi connectivity index (χ4n) is 0.649. The van der Waals surface area contributed by atoms with Crippen molar-refractivity contribution in [3.05, 3.63) is 16.1 Å². The number of nitrogens with zero attached hydrogens (tertiary/aromatic N) is 1. The van der Waals surface area contributed by atoms with Gasteiger partial charge in [0.2, 0.25) is 0 Å². The Kier molecular flexibility index (Phi) is 2.03. The average molecular weight is 211 g/mol. The lowest BCUT2D eigenvalue weighted by molar-refractivity contribution is 0.145. The largest absolute Gasteiger partial charge is 0.336 e. The van der Waals surface area contributed by atoms with Gasteiger partial charge in [-0.2, -0.15) is 0 Å². The fraction of sp³-hybridized carbons (Fsp3) is 0.400. The van der Waals surface area contributed by atoms with Gasteiger partial charge in [0.05, 0.1) is 0 Å². The summed E-state index contributed by atoms with van der Waals surface area (Å²) in [4.78, 5) is 6.14. The number of aryl methyl sites for hydroxylation is 1. The molecule has 56 valence electrons. The van der Waals surface area contributed by atoms with Gasteiger partial charge in [0.15, 0.2) is 4.73 Å². The summed E-state index contributed by atoms with van der Waals surface area (Å²) in [7, 11) is 0. The molecule has 1 rings (SSSR count). The molecule has 0 radical (unpaired) electrons. The van der Waals surface area contributed by atoms with E-state index < -0.39 is 6.43 Å². The Balaban J connectivity index is 3.03. The van der Waals surface area contributed by atoms with Crippen molar-refractivity contribution < 1.29 is 8.78 Å². The standard InChI is InChI=1S/C5H5BrF2N2/c1-2-3(4(7)8)10-5(6)9-2/h4H,1H3,(H,9,10). The van der Waals surface area contributed by atoms with Crippen LogP contribution in [0.5, 0.6) is 0 Å². The first kappa shape index (κ1) is 7.65. The van der Waals surface area contributed by atoms with Gasteiger partial charge in [0.25, 0.3) is 6.43 Å². The molecule has 0 bridgehead atoms. The Morgan fingerprint density at radius 1 is 1.60 bits per heavy atom. The lowest BCUT2D eigenvalue weighted by Gasteiger charge is -1.91. The lowest BCUT2D eigenvalue weighted by Crippen LogP contribution is -1.86. The molecule has 0 spiro atoms. The van der Waals surface area contributed by atoms with Gasteiger partial charge >= 0.3 is 0 Å². The number of H-pyrrole nitrogens is 1. The van der Waals surface area contributed by atoms with E-state index in [9.17, 15) is 8.78 Å². The summed E-state index contributed by atoms with van der Waals surface area (Å²) in [6.07, 6.45) is -2.50. The van der Waals surface area contributed by atoms with E-state index >= 15 is 0 Å². The van der Waals surface area contributed by atoms with Gasteiger partial charge in [-0.25, -0.2) is 13.8 Å². The summed E-state index contributed by atoms with van der Waals surface area (Å²) in [6, 6.07) is 0. The van der Waals surface area contributed by atoms with Crippen LogP contribution in [0.1, 0.15) is 17.8 Å². The predicted molar refractivity (Wildman–Crippen MR) is 36.0 cm³/mol. The maximum atomic E-state index is 11.9. The van der Waals surface area contributed by atoms with Crippen molar-refractivity contribution in [3.63, 3.8) is 0 Å². The summed E-state index contributed by atoms with van der Waals surface area (Å²) in [5, 5.41) is 0. The van der Waals surface area contributed by atoms with Crippen molar-refractivity contribution in [1.82, 2.24) is 9.97 Å². The number of nitrogens with one attached hydrogen (secondary N) is 1. The molecule has 0 unspecified atom stereocenters. The summed E-state index contributed by atoms with van der Waals surface area (Å²) in [5.74, 6) is 0. The quantitative estimate of drug-likeness (QED) is 0.758. The fourth-order valence-corrected chi connectivity index (χ4v) is 1.14. The first-order valence-electron chi connectivity index (χ1n) is 2.61. The molecule has 2 nitrogen and oxygen atoms in total. The van der Waals surface area contributed by atoms with Crippen molar-refractivity contribution in [1.29, 1.82) is 0 Å². The molecule has 10 heavy (non-hydrogen) atoms. The van der Waals surface area contributed by atoms with Crippen LogP contribution in [0.2, 0.25) is 0 Å². The van der Waals surface area contributed by atoms with Crippen LogP contribution in [0.15, 0.2) is 4.73 Å². The topological polar surface area (TPSA) is 28.7 Å². The zero-order valence-electron chi connectivity index (χ0n) is 5.16. The summed E-state index contributed by atoms with van der Waals surface area (Å²) < 4.78 is 24.2. The van der Waals surface area contributed by atoms with E-state index in [1.165, 1.54) is 0 Å². The van der Waals surface area contributed by atoms with E-state index in [0.29, 0.717) is 10.4 Å². The van der Waals surface area contributed by atoms with Gasteiger partial charge in [-0.05, 0) is 22.9 Å². The molecule has 1 aromatic rings. The molecular formula is C5H5BrF2N2. The summed E-state index contributed by atoms with van der Waals surface area (Å²) in [5.41, 5.74) is 0.216. The zero-order valence-corrected chi connectivity index (χ0v) is 6.74. The van der Waals surface area contributed by atoms with Crippen molar-refractivity contribution >= 4 is 15.9 Å². The van der Waals surface area contributed by atoms with E-state index in [4.69, 9.17) is 0 Å². The number of imidazole rings is 1. The molecule has 5 heteroatoms. The average Bonchev–Trinajstić information content (AvgIpc) is 2.10. The predicted octanol–water partition coefficient (Wildman–Crippen LogP) is 2.42. The Morgan fingerprint density at radius 3 is 2.40 bits per heavy atom. The maximum absolute atomic E-state index is 11.9. The minimum Gasteiger partial charge on any atom is -0.336 e. The highest BCUT2D eigenvalue weighted by atomic mass is 79.9. The molecule has 0 amide bonds. The van der Waals surface area contributed by atoms with Crippen LogP contribution in [0.4, 0.5) is 8.78 Å². The van der Waals surface area contributed by atoms with Crippen LogP contribution in [0, 0.1) is 6.92 Å². The Morgan fingerprint density at radius 2 is 2.20 bits per heavy atom. The van der Waals surface area contributed by atoms with Crippen molar-refractivity contribution in [2.45, 2.75) is 13.3 Å². The third-order valence-corrected chi connectivity index (χ3v) is 1.48. The molecule has 0 saturated heterocycles. The van der Waals surface area contributed by atoms with Gasteiger partial charge in [-0.3, -0.25) is 0 Å². The highest BCUT2D eigenvalue weighted by Crippen LogP contribution is 2.21. The molecule has 0 saturated carbocycles. The second-order valence-electron chi connectivity index (χ2n) is 1.84. The van der Waals surface area contributed by atoms with Crippen LogP contribution in [-0.2, 0) is 0 Å². The number of hydrogen-bond acceptors (Lipinski definition) is 1. The summed E-state index contributed by atoms with van der Waals surface area (Å²) in [6.45, 7) is 1.55. The van der Waals surface area contributed by atoms with Gasteiger partial charge in [-0.15, -0.1) is 0 Å². The Bertz CT molecular complexity index is 234. The lowest BCUT2D eigenvalue weighted by atomic mass is 10.4. The number of aromatic nitrogens is 2. The van der Waals surface area contributed by atoms with Crippen LogP contribution >= 0.6 is 15.9 Å². The van der Waals surface area contributed by atoms with Gasteiger partial charge in [0.1, 0.15) is 5.69 Å². The smallest absolute Gasteiger partial charge is 0.282 e. The summed E-state index contributed by atoms with van der Waals surface area (Å²) >= 11 is 2.95. The Labute approximate surface area is 64.8 Å². The minimum absolute atomic E-state index is 0.188. The molecule has 1 heterocycles. The zero-order chi connectivity index (χ0) is 7.72. The molecule has 0 aromatic carbocycles. The number of hydrogen-bond donors (Lipinski definition) is 1. The minimum atomic E-state index is -2.50. The SMILES string of the molecule is Cc1[nH]c(Br)nc1C(F)F. The normalized spacial score (nSPS) is 10.9. The van der Waals surface area contributed by atoms with Crippen molar-refractivity contribution in [2.75, 3.05) is 0 Å². The maximum Gasteiger partial charge on any atom is 0.282 e. The molecule has 1 aromatic heterocycles. The number of halogens is 3. The van der Waals surface area contributed by atoms with Crippen LogP contribution in [0.3, 0.4) is 0 Å². The van der Waals surface area contributed by atoms with Gasteiger partial charge < -0.3 is 4.98 Å². The molecule has 0 aliphatic carbocycles. The van der Waals surface area contributed by atoms with E-state index in [-0.39, 0.29) is 5.69 Å². The molecule has 0 fully saturated rings. The van der Waals surface area contributed by atoms with E-state index in [1.54, 1.807) is 6.92 Å². The van der Waals surface area contributed by atoms with Gasteiger partial charge in [0, 0.05) is 5.69 Å². The highest BCUT2D eigenvalue weighted by molar-refractivity contribution is 9.10. The molecule has 0 aliphatic heterocycles. The van der Waals surface area contributed by atoms with E-state index in [0.717, 1.165) is 0 Å². The van der Waals surface area contributed by atoms with Crippen molar-refractivity contribution in [2.24, 2.45) is 0 Å². The van der Waals surface area contributed by atoms with Crippen LogP contribution < -0.4 is 0 Å². The highest BCUT2D eigenvalue weighted by Gasteiger charge is 2.14. The molecule has 0 aliphatic rings. The number of alkyl halides is 2. The van der Waals surface area contributed by atoms with Gasteiger partial charge in [-0.1, -0.05) is 0 Å².